The van der Waals surface area contributed by atoms with Crippen LogP contribution in [-0.2, 0) is 20.7 Å². The number of hydrogen-bond acceptors (Lipinski definition) is 5. The lowest BCUT2D eigenvalue weighted by molar-refractivity contribution is -0.139. The lowest BCUT2D eigenvalue weighted by Crippen LogP contribution is -2.13. The van der Waals surface area contributed by atoms with Gasteiger partial charge in [0, 0.05) is 42.1 Å². The van der Waals surface area contributed by atoms with E-state index in [0.717, 1.165) is 54.0 Å². The molecular formula is C18H24N2O3. The zero-order valence-corrected chi connectivity index (χ0v) is 14.0. The molecule has 0 spiro atoms. The predicted molar refractivity (Wildman–Crippen MR) is 91.8 cm³/mol. The molecule has 124 valence electrons. The van der Waals surface area contributed by atoms with E-state index in [1.165, 1.54) is 7.11 Å². The number of aryl methyl sites for hydroxylation is 1. The average molecular weight is 316 g/mol. The highest BCUT2D eigenvalue weighted by molar-refractivity contribution is 5.95. The maximum Gasteiger partial charge on any atom is 0.310 e. The molecule has 0 saturated heterocycles. The Morgan fingerprint density at radius 1 is 1.30 bits per heavy atom. The van der Waals surface area contributed by atoms with Gasteiger partial charge in [-0.2, -0.15) is 0 Å². The molecule has 1 aromatic carbocycles. The SMILES string of the molecule is CCOCCCNc1c(CC(=O)OC)c(C)nc2ccccc12. The molecule has 2 aromatic rings. The van der Waals surface area contributed by atoms with Gasteiger partial charge in [0.15, 0.2) is 0 Å². The van der Waals surface area contributed by atoms with Gasteiger partial charge in [-0.3, -0.25) is 9.78 Å². The van der Waals surface area contributed by atoms with Crippen molar-refractivity contribution in [3.63, 3.8) is 0 Å². The number of benzene rings is 1. The number of carbonyl (C=O) groups is 1. The Morgan fingerprint density at radius 3 is 2.83 bits per heavy atom. The van der Waals surface area contributed by atoms with Crippen molar-refractivity contribution in [1.29, 1.82) is 0 Å². The minimum Gasteiger partial charge on any atom is -0.469 e. The summed E-state index contributed by atoms with van der Waals surface area (Å²) in [6, 6.07) is 7.95. The molecule has 0 atom stereocenters. The van der Waals surface area contributed by atoms with Crippen LogP contribution in [-0.4, -0.2) is 37.8 Å². The van der Waals surface area contributed by atoms with Crippen molar-refractivity contribution in [1.82, 2.24) is 4.98 Å². The van der Waals surface area contributed by atoms with Gasteiger partial charge in [-0.15, -0.1) is 0 Å². The van der Waals surface area contributed by atoms with Crippen LogP contribution in [0.4, 0.5) is 5.69 Å². The fourth-order valence-electron chi connectivity index (χ4n) is 2.54. The Balaban J connectivity index is 2.31. The molecule has 0 amide bonds. The first-order chi connectivity index (χ1) is 11.2. The highest BCUT2D eigenvalue weighted by atomic mass is 16.5. The van der Waals surface area contributed by atoms with Crippen molar-refractivity contribution < 1.29 is 14.3 Å². The Morgan fingerprint density at radius 2 is 2.09 bits per heavy atom. The summed E-state index contributed by atoms with van der Waals surface area (Å²) < 4.78 is 10.2. The number of hydrogen-bond donors (Lipinski definition) is 1. The highest BCUT2D eigenvalue weighted by Crippen LogP contribution is 2.29. The van der Waals surface area contributed by atoms with Gasteiger partial charge in [0.05, 0.1) is 19.0 Å². The molecule has 0 bridgehead atoms. The zero-order chi connectivity index (χ0) is 16.7. The smallest absolute Gasteiger partial charge is 0.310 e. The van der Waals surface area contributed by atoms with Crippen LogP contribution >= 0.6 is 0 Å². The fraction of sp³-hybridized carbons (Fsp3) is 0.444. The van der Waals surface area contributed by atoms with Crippen molar-refractivity contribution in [3.05, 3.63) is 35.5 Å². The first kappa shape index (κ1) is 17.2. The van der Waals surface area contributed by atoms with Crippen LogP contribution in [0.5, 0.6) is 0 Å². The van der Waals surface area contributed by atoms with Gasteiger partial charge in [0.25, 0.3) is 0 Å². The molecule has 1 heterocycles. The molecule has 23 heavy (non-hydrogen) atoms. The lowest BCUT2D eigenvalue weighted by atomic mass is 10.0. The number of rotatable bonds is 8. The molecule has 5 nitrogen and oxygen atoms in total. The lowest BCUT2D eigenvalue weighted by Gasteiger charge is -2.16. The zero-order valence-electron chi connectivity index (χ0n) is 14.0. The summed E-state index contributed by atoms with van der Waals surface area (Å²) in [6.07, 6.45) is 1.12. The maximum absolute atomic E-state index is 11.7. The van der Waals surface area contributed by atoms with Crippen molar-refractivity contribution in [2.24, 2.45) is 0 Å². The van der Waals surface area contributed by atoms with Crippen LogP contribution in [0.2, 0.25) is 0 Å². The van der Waals surface area contributed by atoms with Gasteiger partial charge in [-0.25, -0.2) is 0 Å². The number of aromatic nitrogens is 1. The number of esters is 1. The summed E-state index contributed by atoms with van der Waals surface area (Å²) in [5, 5.41) is 4.48. The van der Waals surface area contributed by atoms with Crippen LogP contribution in [0.1, 0.15) is 24.6 Å². The number of para-hydroxylation sites is 1. The normalized spacial score (nSPS) is 10.7. The fourth-order valence-corrected chi connectivity index (χ4v) is 2.54. The molecule has 0 aliphatic rings. The molecule has 0 radical (unpaired) electrons. The third-order valence-electron chi connectivity index (χ3n) is 3.72. The molecule has 0 aliphatic heterocycles. The molecule has 1 N–H and O–H groups in total. The standard InChI is InChI=1S/C18H24N2O3/c1-4-23-11-7-10-19-18-14-8-5-6-9-16(14)20-13(2)15(18)12-17(21)22-3/h5-6,8-9H,4,7,10-12H2,1-3H3,(H,19,20). The van der Waals surface area contributed by atoms with Crippen LogP contribution in [0.3, 0.4) is 0 Å². The van der Waals surface area contributed by atoms with E-state index in [0.29, 0.717) is 0 Å². The minimum atomic E-state index is -0.262. The molecular weight excluding hydrogens is 292 g/mol. The largest absolute Gasteiger partial charge is 0.469 e. The first-order valence-corrected chi connectivity index (χ1v) is 7.94. The van der Waals surface area contributed by atoms with Crippen LogP contribution in [0.25, 0.3) is 10.9 Å². The van der Waals surface area contributed by atoms with E-state index in [2.05, 4.69) is 10.3 Å². The highest BCUT2D eigenvalue weighted by Gasteiger charge is 2.15. The van der Waals surface area contributed by atoms with Crippen molar-refractivity contribution in [3.8, 4) is 0 Å². The van der Waals surface area contributed by atoms with Crippen molar-refractivity contribution in [2.45, 2.75) is 26.7 Å². The van der Waals surface area contributed by atoms with E-state index in [-0.39, 0.29) is 12.4 Å². The van der Waals surface area contributed by atoms with Gasteiger partial charge in [-0.05, 0) is 26.3 Å². The van der Waals surface area contributed by atoms with E-state index in [9.17, 15) is 4.79 Å². The summed E-state index contributed by atoms with van der Waals surface area (Å²) in [6.45, 7) is 6.14. The predicted octanol–water partition coefficient (Wildman–Crippen LogP) is 3.10. The van der Waals surface area contributed by atoms with Gasteiger partial charge < -0.3 is 14.8 Å². The molecule has 0 unspecified atom stereocenters. The Hall–Kier alpha value is -2.14. The van der Waals surface area contributed by atoms with Gasteiger partial charge in [0.2, 0.25) is 0 Å². The Labute approximate surface area is 137 Å². The summed E-state index contributed by atoms with van der Waals surface area (Å²) in [5.41, 5.74) is 3.63. The van der Waals surface area contributed by atoms with Crippen LogP contribution in [0.15, 0.2) is 24.3 Å². The van der Waals surface area contributed by atoms with E-state index in [1.54, 1.807) is 0 Å². The second-order valence-corrected chi connectivity index (χ2v) is 5.30. The Kier molecular flexibility index (Phi) is 6.35. The molecule has 0 aliphatic carbocycles. The van der Waals surface area contributed by atoms with E-state index >= 15 is 0 Å². The number of pyridine rings is 1. The molecule has 0 saturated carbocycles. The van der Waals surface area contributed by atoms with Crippen molar-refractivity contribution >= 4 is 22.6 Å². The number of fused-ring (bicyclic) bond motifs is 1. The second kappa shape index (κ2) is 8.48. The van der Waals surface area contributed by atoms with Crippen LogP contribution < -0.4 is 5.32 Å². The Bertz CT molecular complexity index is 671. The monoisotopic (exact) mass is 316 g/mol. The average Bonchev–Trinajstić information content (AvgIpc) is 2.56. The summed E-state index contributed by atoms with van der Waals surface area (Å²) >= 11 is 0. The number of nitrogens with zero attached hydrogens (tertiary/aromatic N) is 1. The van der Waals surface area contributed by atoms with Gasteiger partial charge in [-0.1, -0.05) is 18.2 Å². The van der Waals surface area contributed by atoms with E-state index < -0.39 is 0 Å². The van der Waals surface area contributed by atoms with E-state index in [1.807, 2.05) is 38.1 Å². The third kappa shape index (κ3) is 4.42. The quantitative estimate of drug-likeness (QED) is 0.599. The molecule has 2 rings (SSSR count). The summed E-state index contributed by atoms with van der Waals surface area (Å²) in [7, 11) is 1.40. The molecule has 5 heteroatoms. The number of nitrogens with one attached hydrogen (secondary N) is 1. The minimum absolute atomic E-state index is 0.216. The first-order valence-electron chi connectivity index (χ1n) is 7.94. The third-order valence-corrected chi connectivity index (χ3v) is 3.72. The number of carbonyl (C=O) groups excluding carboxylic acids is 1. The van der Waals surface area contributed by atoms with Gasteiger partial charge in [0.1, 0.15) is 0 Å². The number of methoxy groups -OCH3 is 1. The van der Waals surface area contributed by atoms with Gasteiger partial charge >= 0.3 is 5.97 Å². The van der Waals surface area contributed by atoms with E-state index in [4.69, 9.17) is 9.47 Å². The number of anilines is 1. The van der Waals surface area contributed by atoms with Crippen LogP contribution in [0, 0.1) is 6.92 Å². The second-order valence-electron chi connectivity index (χ2n) is 5.30. The summed E-state index contributed by atoms with van der Waals surface area (Å²) in [5.74, 6) is -0.262. The maximum atomic E-state index is 11.7. The number of ether oxygens (including phenoxy) is 2. The molecule has 1 aromatic heterocycles. The topological polar surface area (TPSA) is 60.5 Å². The summed E-state index contributed by atoms with van der Waals surface area (Å²) in [4.78, 5) is 16.3. The van der Waals surface area contributed by atoms with Crippen molar-refractivity contribution in [2.75, 3.05) is 32.2 Å². The molecule has 0 fully saturated rings.